The second-order valence-electron chi connectivity index (χ2n) is 4.96. The van der Waals surface area contributed by atoms with E-state index in [1.54, 1.807) is 37.3 Å². The van der Waals surface area contributed by atoms with Gasteiger partial charge in [0.1, 0.15) is 0 Å². The number of carbonyl (C=O) groups excluding carboxylic acids is 3. The van der Waals surface area contributed by atoms with Crippen LogP contribution < -0.4 is 5.32 Å². The highest BCUT2D eigenvalue weighted by molar-refractivity contribution is 6.41. The molecule has 5 heteroatoms. The van der Waals surface area contributed by atoms with Gasteiger partial charge in [-0.2, -0.15) is 0 Å². The van der Waals surface area contributed by atoms with E-state index in [4.69, 9.17) is 11.6 Å². The molecule has 1 N–H and O–H groups in total. The molecule has 1 amide bonds. The van der Waals surface area contributed by atoms with Crippen LogP contribution >= 0.6 is 11.6 Å². The van der Waals surface area contributed by atoms with Gasteiger partial charge in [-0.25, -0.2) is 0 Å². The van der Waals surface area contributed by atoms with Crippen LogP contribution in [-0.4, -0.2) is 17.5 Å². The van der Waals surface area contributed by atoms with Crippen LogP contribution in [0.1, 0.15) is 45.2 Å². The highest BCUT2D eigenvalue weighted by Crippen LogP contribution is 2.36. The number of fused-ring (bicyclic) bond motifs is 2. The molecule has 2 aromatic rings. The third kappa shape index (κ3) is 2.12. The maximum atomic E-state index is 12.6. The fourth-order valence-electron chi connectivity index (χ4n) is 2.48. The fourth-order valence-corrected chi connectivity index (χ4v) is 2.78. The van der Waals surface area contributed by atoms with Crippen LogP contribution in [0.25, 0.3) is 0 Å². The molecular weight excluding hydrogens is 302 g/mol. The van der Waals surface area contributed by atoms with Crippen LogP contribution in [-0.2, 0) is 4.79 Å². The summed E-state index contributed by atoms with van der Waals surface area (Å²) in [6, 6.07) is 9.72. The third-order valence-electron chi connectivity index (χ3n) is 3.63. The lowest BCUT2D eigenvalue weighted by Gasteiger charge is -2.20. The predicted octanol–water partition coefficient (Wildman–Crippen LogP) is 3.46. The minimum absolute atomic E-state index is 0.104. The zero-order valence-electron chi connectivity index (χ0n) is 11.8. The molecule has 0 fully saturated rings. The average Bonchev–Trinajstić information content (AvgIpc) is 2.54. The lowest BCUT2D eigenvalue weighted by Crippen LogP contribution is -2.22. The molecule has 1 aliphatic carbocycles. The Morgan fingerprint density at radius 1 is 1.00 bits per heavy atom. The van der Waals surface area contributed by atoms with Crippen LogP contribution in [0.15, 0.2) is 36.4 Å². The molecule has 0 atom stereocenters. The molecule has 0 saturated carbocycles. The summed E-state index contributed by atoms with van der Waals surface area (Å²) in [7, 11) is 0. The molecule has 0 unspecified atom stereocenters. The predicted molar refractivity (Wildman–Crippen MR) is 83.7 cm³/mol. The lowest BCUT2D eigenvalue weighted by molar-refractivity contribution is -0.115. The van der Waals surface area contributed by atoms with E-state index in [9.17, 15) is 14.4 Å². The Morgan fingerprint density at radius 3 is 2.27 bits per heavy atom. The maximum Gasteiger partial charge on any atom is 0.224 e. The first-order valence-electron chi connectivity index (χ1n) is 6.85. The van der Waals surface area contributed by atoms with E-state index in [1.807, 2.05) is 0 Å². The number of halogens is 1. The summed E-state index contributed by atoms with van der Waals surface area (Å²) in [4.78, 5) is 36.7. The van der Waals surface area contributed by atoms with Crippen molar-refractivity contribution in [1.29, 1.82) is 0 Å². The number of benzene rings is 2. The average molecular weight is 314 g/mol. The summed E-state index contributed by atoms with van der Waals surface area (Å²) in [6.07, 6.45) is 0.295. The summed E-state index contributed by atoms with van der Waals surface area (Å²) >= 11 is 6.27. The first-order valence-corrected chi connectivity index (χ1v) is 7.23. The number of hydrogen-bond donors (Lipinski definition) is 1. The van der Waals surface area contributed by atoms with Gasteiger partial charge in [-0.05, 0) is 12.1 Å². The van der Waals surface area contributed by atoms with Crippen molar-refractivity contribution in [3.05, 3.63) is 63.7 Å². The molecule has 0 radical (unpaired) electrons. The molecule has 4 nitrogen and oxygen atoms in total. The zero-order valence-corrected chi connectivity index (χ0v) is 12.5. The highest BCUT2D eigenvalue weighted by Gasteiger charge is 2.32. The summed E-state index contributed by atoms with van der Waals surface area (Å²) in [5.41, 5.74) is 1.47. The Kier molecular flexibility index (Phi) is 3.54. The molecule has 0 aliphatic heterocycles. The van der Waals surface area contributed by atoms with Gasteiger partial charge in [-0.15, -0.1) is 0 Å². The maximum absolute atomic E-state index is 12.6. The van der Waals surface area contributed by atoms with E-state index >= 15 is 0 Å². The van der Waals surface area contributed by atoms with E-state index in [0.717, 1.165) is 0 Å². The normalized spacial score (nSPS) is 12.6. The SMILES string of the molecule is CCC(=O)Nc1ccc2c(c1Cl)C(=O)c1ccccc1C2=O. The monoisotopic (exact) mass is 313 g/mol. The standard InChI is InChI=1S/C17H12ClNO3/c1-2-13(20)19-12-8-7-11-14(15(12)18)17(22)10-6-4-3-5-9(10)16(11)21/h3-8H,2H2,1H3,(H,19,20). The van der Waals surface area contributed by atoms with Crippen molar-refractivity contribution < 1.29 is 14.4 Å². The van der Waals surface area contributed by atoms with Crippen molar-refractivity contribution in [2.75, 3.05) is 5.32 Å². The summed E-state index contributed by atoms with van der Waals surface area (Å²) < 4.78 is 0. The summed E-state index contributed by atoms with van der Waals surface area (Å²) in [5, 5.41) is 2.74. The molecule has 0 bridgehead atoms. The van der Waals surface area contributed by atoms with Gasteiger partial charge < -0.3 is 5.32 Å². The Labute approximate surface area is 132 Å². The van der Waals surface area contributed by atoms with Crippen molar-refractivity contribution in [3.63, 3.8) is 0 Å². The Balaban J connectivity index is 2.17. The first kappa shape index (κ1) is 14.5. The molecule has 0 saturated heterocycles. The quantitative estimate of drug-likeness (QED) is 0.788. The topological polar surface area (TPSA) is 63.2 Å². The second kappa shape index (κ2) is 5.39. The number of amides is 1. The summed E-state index contributed by atoms with van der Waals surface area (Å²) in [5.74, 6) is -0.750. The highest BCUT2D eigenvalue weighted by atomic mass is 35.5. The van der Waals surface area contributed by atoms with E-state index in [2.05, 4.69) is 5.32 Å². The number of nitrogens with one attached hydrogen (secondary N) is 1. The van der Waals surface area contributed by atoms with Crippen molar-refractivity contribution in [2.45, 2.75) is 13.3 Å². The summed E-state index contributed by atoms with van der Waals surface area (Å²) in [6.45, 7) is 1.71. The molecule has 0 heterocycles. The number of anilines is 1. The van der Waals surface area contributed by atoms with Crippen LogP contribution in [0.5, 0.6) is 0 Å². The van der Waals surface area contributed by atoms with Gasteiger partial charge >= 0.3 is 0 Å². The van der Waals surface area contributed by atoms with Gasteiger partial charge in [0.25, 0.3) is 0 Å². The van der Waals surface area contributed by atoms with Gasteiger partial charge in [0.05, 0.1) is 16.3 Å². The van der Waals surface area contributed by atoms with Crippen molar-refractivity contribution in [2.24, 2.45) is 0 Å². The molecule has 110 valence electrons. The Hall–Kier alpha value is -2.46. The van der Waals surface area contributed by atoms with Crippen LogP contribution in [0.3, 0.4) is 0 Å². The number of rotatable bonds is 2. The molecule has 1 aliphatic rings. The molecule has 3 rings (SSSR count). The van der Waals surface area contributed by atoms with Crippen molar-refractivity contribution in [1.82, 2.24) is 0 Å². The Bertz CT molecular complexity index is 827. The van der Waals surface area contributed by atoms with Gasteiger partial charge in [-0.1, -0.05) is 42.8 Å². The first-order chi connectivity index (χ1) is 10.5. The van der Waals surface area contributed by atoms with Crippen LogP contribution in [0, 0.1) is 0 Å². The number of hydrogen-bond acceptors (Lipinski definition) is 3. The smallest absolute Gasteiger partial charge is 0.224 e. The van der Waals surface area contributed by atoms with E-state index in [0.29, 0.717) is 23.2 Å². The molecule has 0 spiro atoms. The largest absolute Gasteiger partial charge is 0.325 e. The lowest BCUT2D eigenvalue weighted by atomic mass is 9.84. The van der Waals surface area contributed by atoms with Gasteiger partial charge in [0.15, 0.2) is 11.6 Å². The minimum Gasteiger partial charge on any atom is -0.325 e. The third-order valence-corrected chi connectivity index (χ3v) is 4.02. The van der Waals surface area contributed by atoms with E-state index in [-0.39, 0.29) is 33.6 Å². The minimum atomic E-state index is -0.303. The molecule has 22 heavy (non-hydrogen) atoms. The number of ketones is 2. The molecule has 0 aromatic heterocycles. The van der Waals surface area contributed by atoms with E-state index < -0.39 is 0 Å². The van der Waals surface area contributed by atoms with Gasteiger partial charge in [0.2, 0.25) is 5.91 Å². The Morgan fingerprint density at radius 2 is 1.64 bits per heavy atom. The van der Waals surface area contributed by atoms with E-state index in [1.165, 1.54) is 6.07 Å². The van der Waals surface area contributed by atoms with Gasteiger partial charge in [0, 0.05) is 23.1 Å². The van der Waals surface area contributed by atoms with Crippen molar-refractivity contribution in [3.8, 4) is 0 Å². The molecular formula is C17H12ClNO3. The molecule has 2 aromatic carbocycles. The second-order valence-corrected chi connectivity index (χ2v) is 5.33. The van der Waals surface area contributed by atoms with Crippen LogP contribution in [0.2, 0.25) is 5.02 Å². The van der Waals surface area contributed by atoms with Crippen LogP contribution in [0.4, 0.5) is 5.69 Å². The fraction of sp³-hybridized carbons (Fsp3) is 0.118. The number of carbonyl (C=O) groups is 3. The zero-order chi connectivity index (χ0) is 15.9. The van der Waals surface area contributed by atoms with Crippen molar-refractivity contribution >= 4 is 34.8 Å². The van der Waals surface area contributed by atoms with Gasteiger partial charge in [-0.3, -0.25) is 14.4 Å².